The van der Waals surface area contributed by atoms with Gasteiger partial charge in [-0.1, -0.05) is 0 Å². The van der Waals surface area contributed by atoms with E-state index in [4.69, 9.17) is 5.14 Å². The van der Waals surface area contributed by atoms with Crippen molar-refractivity contribution in [2.75, 3.05) is 0 Å². The van der Waals surface area contributed by atoms with E-state index in [1.165, 1.54) is 0 Å². The lowest BCUT2D eigenvalue weighted by Gasteiger charge is -2.10. The number of nitro groups is 1. The summed E-state index contributed by atoms with van der Waals surface area (Å²) in [4.78, 5) is 18.8. The molecule has 8 nitrogen and oxygen atoms in total. The first kappa shape index (κ1) is 14.9. The van der Waals surface area contributed by atoms with Gasteiger partial charge in [0.05, 0.1) is 4.92 Å². The van der Waals surface area contributed by atoms with Gasteiger partial charge in [-0.25, -0.2) is 13.6 Å². The largest absolute Gasteiger partial charge is 0.433 e. The highest BCUT2D eigenvalue weighted by Gasteiger charge is 2.30. The lowest BCUT2D eigenvalue weighted by molar-refractivity contribution is -0.388. The molecule has 0 bridgehead atoms. The number of nitrogens with zero attached hydrogens (tertiary/aromatic N) is 1. The lowest BCUT2D eigenvalue weighted by Crippen LogP contribution is -2.17. The van der Waals surface area contributed by atoms with Crippen LogP contribution >= 0.6 is 0 Å². The Kier molecular flexibility index (Phi) is 4.11. The number of primary sulfonamides is 1. The molecule has 0 amide bonds. The zero-order valence-electron chi connectivity index (χ0n) is 8.95. The van der Waals surface area contributed by atoms with Gasteiger partial charge in [0.25, 0.3) is 5.69 Å². The fourth-order valence-electron chi connectivity index (χ4n) is 1.28. The summed E-state index contributed by atoms with van der Waals surface area (Å²) < 4.78 is 50.6. The fraction of sp³-hybridized carbons (Fsp3) is 0.125. The van der Waals surface area contributed by atoms with Gasteiger partial charge in [0.1, 0.15) is 6.29 Å². The van der Waals surface area contributed by atoms with E-state index in [-0.39, 0.29) is 6.29 Å². The highest BCUT2D eigenvalue weighted by Crippen LogP contribution is 2.34. The van der Waals surface area contributed by atoms with Crippen molar-refractivity contribution in [3.05, 3.63) is 27.8 Å². The topological polar surface area (TPSA) is 130 Å². The Morgan fingerprint density at radius 3 is 2.37 bits per heavy atom. The minimum absolute atomic E-state index is 0.109. The third-order valence-electron chi connectivity index (χ3n) is 1.89. The average Bonchev–Trinajstić information content (AvgIpc) is 2.25. The predicted octanol–water partition coefficient (Wildman–Crippen LogP) is 0.656. The number of carbonyl (C=O) groups is 1. The molecule has 0 aliphatic heterocycles. The van der Waals surface area contributed by atoms with Crippen LogP contribution in [0.4, 0.5) is 14.5 Å². The smallest absolute Gasteiger partial charge is 0.387 e. The molecule has 0 aliphatic carbocycles. The minimum atomic E-state index is -4.70. The first-order valence-electron chi connectivity index (χ1n) is 4.42. The SMILES string of the molecule is NS(=O)(=O)c1c(OC(F)F)cc(C=O)cc1[N+](=O)[O-]. The minimum Gasteiger partial charge on any atom is -0.433 e. The summed E-state index contributed by atoms with van der Waals surface area (Å²) in [6, 6.07) is 1.21. The van der Waals surface area contributed by atoms with Crippen LogP contribution in [0.25, 0.3) is 0 Å². The van der Waals surface area contributed by atoms with Crippen molar-refractivity contribution in [1.29, 1.82) is 0 Å². The van der Waals surface area contributed by atoms with Crippen LogP contribution in [0, 0.1) is 10.1 Å². The molecule has 0 unspecified atom stereocenters. The van der Waals surface area contributed by atoms with E-state index in [2.05, 4.69) is 4.74 Å². The molecular weight excluding hydrogens is 290 g/mol. The second-order valence-corrected chi connectivity index (χ2v) is 4.66. The number of hydrogen-bond acceptors (Lipinski definition) is 6. The predicted molar refractivity (Wildman–Crippen MR) is 56.5 cm³/mol. The normalized spacial score (nSPS) is 11.4. The highest BCUT2D eigenvalue weighted by atomic mass is 32.2. The number of aldehydes is 1. The lowest BCUT2D eigenvalue weighted by atomic mass is 10.2. The van der Waals surface area contributed by atoms with Gasteiger partial charge in [-0.15, -0.1) is 0 Å². The number of nitro benzene ring substituents is 1. The summed E-state index contributed by atoms with van der Waals surface area (Å²) in [5, 5.41) is 15.4. The van der Waals surface area contributed by atoms with Gasteiger partial charge < -0.3 is 4.74 Å². The summed E-state index contributed by atoms with van der Waals surface area (Å²) in [5.74, 6) is -1.06. The monoisotopic (exact) mass is 296 g/mol. The average molecular weight is 296 g/mol. The summed E-state index contributed by atoms with van der Waals surface area (Å²) in [6.45, 7) is -3.44. The van der Waals surface area contributed by atoms with Crippen molar-refractivity contribution in [2.24, 2.45) is 5.14 Å². The summed E-state index contributed by atoms with van der Waals surface area (Å²) in [7, 11) is -4.70. The maximum Gasteiger partial charge on any atom is 0.387 e. The molecule has 0 radical (unpaired) electrons. The molecule has 0 saturated heterocycles. The van der Waals surface area contributed by atoms with Crippen LogP contribution < -0.4 is 9.88 Å². The Balaban J connectivity index is 3.71. The van der Waals surface area contributed by atoms with Crippen LogP contribution in [0.3, 0.4) is 0 Å². The number of nitrogens with two attached hydrogens (primary N) is 1. The third kappa shape index (κ3) is 3.42. The van der Waals surface area contributed by atoms with Crippen LogP contribution in [0.5, 0.6) is 5.75 Å². The van der Waals surface area contributed by atoms with Crippen LogP contribution in [-0.2, 0) is 10.0 Å². The summed E-state index contributed by atoms with van der Waals surface area (Å²) in [6.07, 6.45) is 0.109. The number of benzene rings is 1. The van der Waals surface area contributed by atoms with Gasteiger partial charge in [0.15, 0.2) is 5.75 Å². The fourth-order valence-corrected chi connectivity index (χ4v) is 2.09. The molecule has 1 rings (SSSR count). The van der Waals surface area contributed by atoms with E-state index >= 15 is 0 Å². The van der Waals surface area contributed by atoms with Crippen LogP contribution in [0.15, 0.2) is 17.0 Å². The quantitative estimate of drug-likeness (QED) is 0.482. The van der Waals surface area contributed by atoms with Crippen molar-refractivity contribution < 1.29 is 31.7 Å². The second kappa shape index (κ2) is 5.24. The van der Waals surface area contributed by atoms with Gasteiger partial charge in [-0.3, -0.25) is 14.9 Å². The number of sulfonamides is 1. The van der Waals surface area contributed by atoms with Crippen molar-refractivity contribution in [1.82, 2.24) is 0 Å². The second-order valence-electron chi connectivity index (χ2n) is 3.17. The maximum atomic E-state index is 12.1. The van der Waals surface area contributed by atoms with Crippen molar-refractivity contribution >= 4 is 22.0 Å². The first-order chi connectivity index (χ1) is 8.66. The number of carbonyl (C=O) groups excluding carboxylic acids is 1. The van der Waals surface area contributed by atoms with Crippen LogP contribution in [-0.4, -0.2) is 26.2 Å². The molecule has 19 heavy (non-hydrogen) atoms. The Morgan fingerprint density at radius 2 is 2.00 bits per heavy atom. The third-order valence-corrected chi connectivity index (χ3v) is 2.87. The molecule has 0 aromatic heterocycles. The molecule has 0 saturated carbocycles. The Labute approximate surface area is 105 Å². The molecular formula is C8H6F2N2O6S. The maximum absolute atomic E-state index is 12.1. The number of rotatable bonds is 5. The van der Waals surface area contributed by atoms with Gasteiger partial charge in [-0.2, -0.15) is 8.78 Å². The molecule has 0 spiro atoms. The standard InChI is InChI=1S/C8H6F2N2O6S/c9-8(10)18-6-2-4(3-13)1-5(12(14)15)7(6)19(11,16)17/h1-3,8H,(H2,11,16,17). The van der Waals surface area contributed by atoms with Gasteiger partial charge in [-0.05, 0) is 6.07 Å². The van der Waals surface area contributed by atoms with Gasteiger partial charge in [0, 0.05) is 11.6 Å². The first-order valence-corrected chi connectivity index (χ1v) is 5.96. The Morgan fingerprint density at radius 1 is 1.42 bits per heavy atom. The molecule has 0 heterocycles. The van der Waals surface area contributed by atoms with E-state index in [0.717, 1.165) is 0 Å². The number of hydrogen-bond donors (Lipinski definition) is 1. The molecule has 0 fully saturated rings. The van der Waals surface area contributed by atoms with E-state index in [0.29, 0.717) is 12.1 Å². The Hall–Kier alpha value is -2.14. The number of alkyl halides is 2. The Bertz CT molecular complexity index is 630. The molecule has 104 valence electrons. The van der Waals surface area contributed by atoms with Gasteiger partial charge in [0.2, 0.25) is 14.9 Å². The zero-order chi connectivity index (χ0) is 14.8. The van der Waals surface area contributed by atoms with E-state index < -0.39 is 43.5 Å². The molecule has 2 N–H and O–H groups in total. The van der Waals surface area contributed by atoms with E-state index in [1.54, 1.807) is 0 Å². The number of ether oxygens (including phenoxy) is 1. The van der Waals surface area contributed by atoms with Crippen molar-refractivity contribution in [3.8, 4) is 5.75 Å². The zero-order valence-corrected chi connectivity index (χ0v) is 9.76. The van der Waals surface area contributed by atoms with Gasteiger partial charge >= 0.3 is 6.61 Å². The summed E-state index contributed by atoms with van der Waals surface area (Å²) >= 11 is 0. The van der Waals surface area contributed by atoms with Crippen molar-refractivity contribution in [2.45, 2.75) is 11.5 Å². The highest BCUT2D eigenvalue weighted by molar-refractivity contribution is 7.89. The van der Waals surface area contributed by atoms with Crippen molar-refractivity contribution in [3.63, 3.8) is 0 Å². The molecule has 1 aromatic rings. The van der Waals surface area contributed by atoms with Crippen LogP contribution in [0.2, 0.25) is 0 Å². The summed E-state index contributed by atoms with van der Waals surface area (Å²) in [5.41, 5.74) is -1.53. The van der Waals surface area contributed by atoms with E-state index in [9.17, 15) is 32.1 Å². The molecule has 1 aromatic carbocycles. The molecule has 0 aliphatic rings. The number of halogens is 2. The molecule has 0 atom stereocenters. The molecule has 11 heteroatoms. The van der Waals surface area contributed by atoms with Crippen LogP contribution in [0.1, 0.15) is 10.4 Å². The van der Waals surface area contributed by atoms with E-state index in [1.807, 2.05) is 0 Å².